The number of aromatic nitrogens is 2. The Hall–Kier alpha value is -1.40. The van der Waals surface area contributed by atoms with E-state index < -0.39 is 5.69 Å². The van der Waals surface area contributed by atoms with Crippen LogP contribution in [0.1, 0.15) is 25.1 Å². The third-order valence-electron chi connectivity index (χ3n) is 3.09. The van der Waals surface area contributed by atoms with Crippen molar-refractivity contribution in [2.75, 3.05) is 7.11 Å². The predicted molar refractivity (Wildman–Crippen MR) is 61.1 cm³/mol. The number of ether oxygens (including phenoxy) is 2. The van der Waals surface area contributed by atoms with Crippen LogP contribution < -0.4 is 11.2 Å². The minimum Gasteiger partial charge on any atom is -0.379 e. The van der Waals surface area contributed by atoms with Gasteiger partial charge in [-0.25, -0.2) is 4.79 Å². The summed E-state index contributed by atoms with van der Waals surface area (Å²) in [6.07, 6.45) is 1.65. The van der Waals surface area contributed by atoms with E-state index in [9.17, 15) is 9.59 Å². The van der Waals surface area contributed by atoms with Crippen molar-refractivity contribution in [2.24, 2.45) is 0 Å². The number of aryl methyl sites for hydroxylation is 1. The molecule has 0 aliphatic carbocycles. The van der Waals surface area contributed by atoms with Gasteiger partial charge in [0.2, 0.25) is 0 Å². The van der Waals surface area contributed by atoms with Crippen molar-refractivity contribution in [1.82, 2.24) is 9.55 Å². The zero-order chi connectivity index (χ0) is 12.6. The van der Waals surface area contributed by atoms with Crippen molar-refractivity contribution < 1.29 is 9.47 Å². The second-order valence-electron chi connectivity index (χ2n) is 4.28. The molecular formula is C11H16N2O4. The average molecular weight is 240 g/mol. The molecule has 94 valence electrons. The van der Waals surface area contributed by atoms with E-state index in [1.807, 2.05) is 6.92 Å². The maximum atomic E-state index is 11.7. The third-order valence-corrected chi connectivity index (χ3v) is 3.09. The molecule has 6 nitrogen and oxygen atoms in total. The van der Waals surface area contributed by atoms with Crippen molar-refractivity contribution >= 4 is 0 Å². The molecule has 0 spiro atoms. The van der Waals surface area contributed by atoms with Crippen LogP contribution in [0.4, 0.5) is 0 Å². The second kappa shape index (κ2) is 4.46. The number of nitrogens with one attached hydrogen (secondary N) is 1. The molecule has 1 saturated heterocycles. The molecule has 6 heteroatoms. The highest BCUT2D eigenvalue weighted by Crippen LogP contribution is 2.28. The van der Waals surface area contributed by atoms with E-state index in [0.717, 1.165) is 0 Å². The molecule has 0 saturated carbocycles. The van der Waals surface area contributed by atoms with Gasteiger partial charge in [0, 0.05) is 25.3 Å². The summed E-state index contributed by atoms with van der Waals surface area (Å²) in [5.41, 5.74) is -0.322. The van der Waals surface area contributed by atoms with Crippen molar-refractivity contribution in [2.45, 2.75) is 38.7 Å². The standard InChI is InChI=1S/C11H16N2O4/c1-6-5-13(11(15)12-10(6)14)9-4-8(16-3)7(2)17-9/h5,7-9H,4H2,1-3H3,(H,12,14,15)/t7-,8+,9-/m1/s1. The third kappa shape index (κ3) is 2.18. The Labute approximate surface area is 98.2 Å². The summed E-state index contributed by atoms with van der Waals surface area (Å²) in [7, 11) is 1.62. The Bertz CT molecular complexity index is 519. The SMILES string of the molecule is CO[C@H]1C[C@H](n2cc(C)c(=O)[nH]c2=O)O[C@@H]1C. The molecule has 1 aromatic heterocycles. The molecule has 0 amide bonds. The first kappa shape index (κ1) is 12.1. The lowest BCUT2D eigenvalue weighted by molar-refractivity contribution is -0.0186. The van der Waals surface area contributed by atoms with Gasteiger partial charge in [-0.05, 0) is 13.8 Å². The second-order valence-corrected chi connectivity index (χ2v) is 4.28. The number of hydrogen-bond donors (Lipinski definition) is 1. The van der Waals surface area contributed by atoms with Crippen LogP contribution in [0, 0.1) is 6.92 Å². The predicted octanol–water partition coefficient (Wildman–Crippen LogP) is 0.167. The highest BCUT2D eigenvalue weighted by atomic mass is 16.6. The zero-order valence-corrected chi connectivity index (χ0v) is 10.1. The molecule has 17 heavy (non-hydrogen) atoms. The summed E-state index contributed by atoms with van der Waals surface area (Å²) in [5, 5.41) is 0. The largest absolute Gasteiger partial charge is 0.379 e. The van der Waals surface area contributed by atoms with Gasteiger partial charge in [-0.1, -0.05) is 0 Å². The van der Waals surface area contributed by atoms with Crippen LogP contribution >= 0.6 is 0 Å². The number of rotatable bonds is 2. The van der Waals surface area contributed by atoms with E-state index in [1.54, 1.807) is 14.0 Å². The number of H-pyrrole nitrogens is 1. The quantitative estimate of drug-likeness (QED) is 0.799. The zero-order valence-electron chi connectivity index (χ0n) is 10.1. The minimum atomic E-state index is -0.449. The van der Waals surface area contributed by atoms with Gasteiger partial charge in [0.15, 0.2) is 0 Å². The normalized spacial score (nSPS) is 28.5. The molecule has 2 rings (SSSR count). The first-order chi connectivity index (χ1) is 8.02. The van der Waals surface area contributed by atoms with Gasteiger partial charge < -0.3 is 9.47 Å². The highest BCUT2D eigenvalue weighted by Gasteiger charge is 2.33. The highest BCUT2D eigenvalue weighted by molar-refractivity contribution is 5.01. The lowest BCUT2D eigenvalue weighted by Gasteiger charge is -2.13. The van der Waals surface area contributed by atoms with Crippen LogP contribution in [0.15, 0.2) is 15.8 Å². The van der Waals surface area contributed by atoms with Gasteiger partial charge >= 0.3 is 5.69 Å². The van der Waals surface area contributed by atoms with Crippen LogP contribution in [0.2, 0.25) is 0 Å². The molecule has 1 aliphatic heterocycles. The summed E-state index contributed by atoms with van der Waals surface area (Å²) in [5.74, 6) is 0. The summed E-state index contributed by atoms with van der Waals surface area (Å²) in [6.45, 7) is 3.55. The van der Waals surface area contributed by atoms with Crippen molar-refractivity contribution in [1.29, 1.82) is 0 Å². The Kier molecular flexibility index (Phi) is 3.17. The molecule has 0 aromatic carbocycles. The van der Waals surface area contributed by atoms with Gasteiger partial charge in [0.25, 0.3) is 5.56 Å². The summed E-state index contributed by atoms with van der Waals surface area (Å²) >= 11 is 0. The lowest BCUT2D eigenvalue weighted by Crippen LogP contribution is -2.33. The molecule has 1 N–H and O–H groups in total. The lowest BCUT2D eigenvalue weighted by atomic mass is 10.2. The molecule has 1 fully saturated rings. The number of methoxy groups -OCH3 is 1. The molecule has 2 heterocycles. The van der Waals surface area contributed by atoms with Crippen molar-refractivity contribution in [3.63, 3.8) is 0 Å². The number of aromatic amines is 1. The maximum absolute atomic E-state index is 11.7. The number of nitrogens with zero attached hydrogens (tertiary/aromatic N) is 1. The van der Waals surface area contributed by atoms with Gasteiger partial charge in [0.05, 0.1) is 12.2 Å². The molecule has 1 aliphatic rings. The molecule has 0 bridgehead atoms. The van der Waals surface area contributed by atoms with Crippen LogP contribution in [-0.2, 0) is 9.47 Å². The van der Waals surface area contributed by atoms with Gasteiger partial charge in [0.1, 0.15) is 6.23 Å². The van der Waals surface area contributed by atoms with Crippen LogP contribution in [0.25, 0.3) is 0 Å². The average Bonchev–Trinajstić information content (AvgIpc) is 2.65. The Morgan fingerprint density at radius 2 is 2.24 bits per heavy atom. The first-order valence-corrected chi connectivity index (χ1v) is 5.53. The number of hydrogen-bond acceptors (Lipinski definition) is 4. The topological polar surface area (TPSA) is 73.3 Å². The van der Waals surface area contributed by atoms with E-state index in [-0.39, 0.29) is 24.0 Å². The van der Waals surface area contributed by atoms with Gasteiger partial charge in [-0.2, -0.15) is 0 Å². The van der Waals surface area contributed by atoms with Gasteiger partial charge in [-0.3, -0.25) is 14.3 Å². The Morgan fingerprint density at radius 1 is 1.53 bits per heavy atom. The fourth-order valence-corrected chi connectivity index (χ4v) is 2.05. The van der Waals surface area contributed by atoms with Crippen molar-refractivity contribution in [3.8, 4) is 0 Å². The van der Waals surface area contributed by atoms with Crippen LogP contribution in [0.5, 0.6) is 0 Å². The molecule has 3 atom stereocenters. The van der Waals surface area contributed by atoms with E-state index in [1.165, 1.54) is 10.8 Å². The van der Waals surface area contributed by atoms with Crippen LogP contribution in [-0.4, -0.2) is 28.9 Å². The van der Waals surface area contributed by atoms with Crippen LogP contribution in [0.3, 0.4) is 0 Å². The Balaban J connectivity index is 2.34. The fourth-order valence-electron chi connectivity index (χ4n) is 2.05. The van der Waals surface area contributed by atoms with E-state index in [2.05, 4.69) is 4.98 Å². The maximum Gasteiger partial charge on any atom is 0.330 e. The fraction of sp³-hybridized carbons (Fsp3) is 0.636. The first-order valence-electron chi connectivity index (χ1n) is 5.53. The summed E-state index contributed by atoms with van der Waals surface area (Å²) in [6, 6.07) is 0. The Morgan fingerprint density at radius 3 is 2.82 bits per heavy atom. The molecular weight excluding hydrogens is 224 g/mol. The summed E-state index contributed by atoms with van der Waals surface area (Å²) in [4.78, 5) is 25.2. The van der Waals surface area contributed by atoms with Crippen molar-refractivity contribution in [3.05, 3.63) is 32.6 Å². The molecule has 0 unspecified atom stereocenters. The smallest absolute Gasteiger partial charge is 0.330 e. The van der Waals surface area contributed by atoms with Gasteiger partial charge in [-0.15, -0.1) is 0 Å². The minimum absolute atomic E-state index is 0.0286. The van der Waals surface area contributed by atoms with E-state index in [0.29, 0.717) is 12.0 Å². The van der Waals surface area contributed by atoms with E-state index >= 15 is 0 Å². The summed E-state index contributed by atoms with van der Waals surface area (Å²) < 4.78 is 12.3. The van der Waals surface area contributed by atoms with E-state index in [4.69, 9.17) is 9.47 Å². The molecule has 0 radical (unpaired) electrons. The monoisotopic (exact) mass is 240 g/mol. The molecule has 1 aromatic rings.